The highest BCUT2D eigenvalue weighted by atomic mass is 16.1. The summed E-state index contributed by atoms with van der Waals surface area (Å²) in [5, 5.41) is 2.85. The van der Waals surface area contributed by atoms with Gasteiger partial charge in [0.25, 0.3) is 0 Å². The maximum absolute atomic E-state index is 9.17. The SMILES string of the molecule is [N-]=[N+]=NC[C]=O. The summed E-state index contributed by atoms with van der Waals surface area (Å²) in [6.45, 7) is -0.184. The van der Waals surface area contributed by atoms with Crippen molar-refractivity contribution in [1.29, 1.82) is 0 Å². The Kier molecular flexibility index (Phi) is 3.30. The van der Waals surface area contributed by atoms with Gasteiger partial charge in [-0.3, -0.25) is 4.79 Å². The second-order valence-electron chi connectivity index (χ2n) is 0.533. The van der Waals surface area contributed by atoms with Gasteiger partial charge in [0.15, 0.2) is 0 Å². The number of rotatable bonds is 2. The smallest absolute Gasteiger partial charge is 0.204 e. The van der Waals surface area contributed by atoms with Crippen LogP contribution in [0.25, 0.3) is 10.4 Å². The molecular weight excluding hydrogens is 82.0 g/mol. The minimum Gasteiger partial charge on any atom is -0.291 e. The number of azide groups is 1. The van der Waals surface area contributed by atoms with E-state index in [9.17, 15) is 4.79 Å². The lowest BCUT2D eigenvalue weighted by Gasteiger charge is -1.56. The Morgan fingerprint density at radius 2 is 2.67 bits per heavy atom. The van der Waals surface area contributed by atoms with Gasteiger partial charge in [-0.25, -0.2) is 0 Å². The van der Waals surface area contributed by atoms with Gasteiger partial charge in [-0.1, -0.05) is 5.11 Å². The molecule has 0 aliphatic carbocycles. The van der Waals surface area contributed by atoms with Crippen LogP contribution in [0.4, 0.5) is 0 Å². The Hall–Kier alpha value is -1.02. The molecule has 0 fully saturated rings. The summed E-state index contributed by atoms with van der Waals surface area (Å²) in [5.74, 6) is 0. The predicted octanol–water partition coefficient (Wildman–Crippen LogP) is 0.406. The van der Waals surface area contributed by atoms with E-state index in [1.165, 1.54) is 6.29 Å². The molecule has 0 unspecified atom stereocenters. The van der Waals surface area contributed by atoms with E-state index in [0.29, 0.717) is 0 Å². The van der Waals surface area contributed by atoms with Crippen LogP contribution < -0.4 is 0 Å². The number of hydrogen-bond acceptors (Lipinski definition) is 2. The molecule has 6 heavy (non-hydrogen) atoms. The van der Waals surface area contributed by atoms with Crippen molar-refractivity contribution in [3.8, 4) is 0 Å². The Morgan fingerprint density at radius 1 is 2.00 bits per heavy atom. The molecule has 0 aromatic carbocycles. The van der Waals surface area contributed by atoms with Crippen molar-refractivity contribution in [3.05, 3.63) is 10.4 Å². The molecule has 0 aliphatic rings. The number of hydrogen-bond donors (Lipinski definition) is 0. The highest BCUT2D eigenvalue weighted by Crippen LogP contribution is 1.59. The summed E-state index contributed by atoms with van der Waals surface area (Å²) < 4.78 is 0. The number of carbonyl (C=O) groups excluding carboxylic acids is 1. The molecule has 0 rings (SSSR count). The van der Waals surface area contributed by atoms with Crippen LogP contribution >= 0.6 is 0 Å². The van der Waals surface area contributed by atoms with Crippen molar-refractivity contribution in [2.75, 3.05) is 6.54 Å². The Balaban J connectivity index is 3.07. The van der Waals surface area contributed by atoms with Crippen molar-refractivity contribution < 1.29 is 4.79 Å². The molecule has 31 valence electrons. The topological polar surface area (TPSA) is 65.8 Å². The van der Waals surface area contributed by atoms with E-state index in [-0.39, 0.29) is 6.54 Å². The molecule has 0 N–H and O–H groups in total. The third-order valence-electron chi connectivity index (χ3n) is 0.199. The average Bonchev–Trinajstić information content (AvgIpc) is 1.61. The predicted molar refractivity (Wildman–Crippen MR) is 19.7 cm³/mol. The average molecular weight is 84.1 g/mol. The van der Waals surface area contributed by atoms with Crippen LogP contribution in [-0.4, -0.2) is 12.8 Å². The van der Waals surface area contributed by atoms with E-state index in [0.717, 1.165) is 0 Å². The zero-order valence-corrected chi connectivity index (χ0v) is 2.96. The van der Waals surface area contributed by atoms with E-state index in [1.807, 2.05) is 0 Å². The Labute approximate surface area is 34.4 Å². The van der Waals surface area contributed by atoms with Crippen LogP contribution in [0.5, 0.6) is 0 Å². The second-order valence-corrected chi connectivity index (χ2v) is 0.533. The molecule has 1 radical (unpaired) electrons. The summed E-state index contributed by atoms with van der Waals surface area (Å²) in [7, 11) is 0. The first-order chi connectivity index (χ1) is 2.91. The zero-order valence-electron chi connectivity index (χ0n) is 2.96. The monoisotopic (exact) mass is 84.0 g/mol. The molecule has 0 bridgehead atoms. The maximum atomic E-state index is 9.17. The van der Waals surface area contributed by atoms with Crippen molar-refractivity contribution in [3.63, 3.8) is 0 Å². The lowest BCUT2D eigenvalue weighted by molar-refractivity contribution is 0.556. The van der Waals surface area contributed by atoms with Crippen LogP contribution in [0, 0.1) is 0 Å². The third-order valence-corrected chi connectivity index (χ3v) is 0.199. The molecular formula is C2H2N3O. The van der Waals surface area contributed by atoms with Gasteiger partial charge in [-0.2, -0.15) is 0 Å². The first-order valence-corrected chi connectivity index (χ1v) is 1.27. The largest absolute Gasteiger partial charge is 0.291 e. The zero-order chi connectivity index (χ0) is 4.83. The summed E-state index contributed by atoms with van der Waals surface area (Å²) in [6.07, 6.45) is 1.40. The first kappa shape index (κ1) is 4.98. The van der Waals surface area contributed by atoms with Crippen LogP contribution in [0.1, 0.15) is 0 Å². The quantitative estimate of drug-likeness (QED) is 0.271. The minimum atomic E-state index is -0.184. The maximum Gasteiger partial charge on any atom is 0.204 e. The summed E-state index contributed by atoms with van der Waals surface area (Å²) in [5.41, 5.74) is 7.48. The van der Waals surface area contributed by atoms with Gasteiger partial charge < -0.3 is 0 Å². The molecule has 0 saturated heterocycles. The first-order valence-electron chi connectivity index (χ1n) is 1.27. The van der Waals surface area contributed by atoms with E-state index in [4.69, 9.17) is 5.53 Å². The van der Waals surface area contributed by atoms with Crippen molar-refractivity contribution in [1.82, 2.24) is 0 Å². The standard InChI is InChI=1S/C2H2N3O/c3-5-4-1-2-6/h1H2. The second kappa shape index (κ2) is 3.98. The summed E-state index contributed by atoms with van der Waals surface area (Å²) in [6, 6.07) is 0. The number of nitrogens with zero attached hydrogens (tertiary/aromatic N) is 3. The van der Waals surface area contributed by atoms with Gasteiger partial charge in [0.1, 0.15) is 0 Å². The van der Waals surface area contributed by atoms with E-state index in [1.54, 1.807) is 0 Å². The molecule has 0 atom stereocenters. The fourth-order valence-electron chi connectivity index (χ4n) is 0.0605. The summed E-state index contributed by atoms with van der Waals surface area (Å²) >= 11 is 0. The van der Waals surface area contributed by atoms with E-state index >= 15 is 0 Å². The molecule has 0 amide bonds. The fraction of sp³-hybridized carbons (Fsp3) is 0.500. The van der Waals surface area contributed by atoms with Gasteiger partial charge in [-0.05, 0) is 5.53 Å². The van der Waals surface area contributed by atoms with E-state index < -0.39 is 0 Å². The van der Waals surface area contributed by atoms with E-state index in [2.05, 4.69) is 10.0 Å². The van der Waals surface area contributed by atoms with Crippen LogP contribution in [0.2, 0.25) is 0 Å². The third kappa shape index (κ3) is 2.98. The van der Waals surface area contributed by atoms with Crippen LogP contribution in [-0.2, 0) is 4.79 Å². The fourth-order valence-corrected chi connectivity index (χ4v) is 0.0605. The Bertz CT molecular complexity index is 82.8. The molecule has 0 aliphatic heterocycles. The van der Waals surface area contributed by atoms with Gasteiger partial charge in [-0.15, -0.1) is 0 Å². The molecule has 0 aromatic heterocycles. The normalized spacial score (nSPS) is 6.00. The molecule has 0 heterocycles. The van der Waals surface area contributed by atoms with Crippen molar-refractivity contribution >= 4 is 6.29 Å². The molecule has 0 spiro atoms. The van der Waals surface area contributed by atoms with Gasteiger partial charge in [0.05, 0.1) is 6.54 Å². The highest BCUT2D eigenvalue weighted by Gasteiger charge is 1.66. The minimum absolute atomic E-state index is 0.184. The summed E-state index contributed by atoms with van der Waals surface area (Å²) in [4.78, 5) is 11.5. The van der Waals surface area contributed by atoms with Crippen LogP contribution in [0.15, 0.2) is 5.11 Å². The van der Waals surface area contributed by atoms with Gasteiger partial charge >= 0.3 is 0 Å². The van der Waals surface area contributed by atoms with Gasteiger partial charge in [0, 0.05) is 4.91 Å². The van der Waals surface area contributed by atoms with Crippen molar-refractivity contribution in [2.45, 2.75) is 0 Å². The molecule has 0 aromatic rings. The molecule has 4 nitrogen and oxygen atoms in total. The lowest BCUT2D eigenvalue weighted by atomic mass is 10.8. The van der Waals surface area contributed by atoms with Gasteiger partial charge in [0.2, 0.25) is 6.29 Å². The molecule has 0 saturated carbocycles. The lowest BCUT2D eigenvalue weighted by Crippen LogP contribution is -1.71. The highest BCUT2D eigenvalue weighted by molar-refractivity contribution is 5.52. The van der Waals surface area contributed by atoms with Crippen LogP contribution in [0.3, 0.4) is 0 Å². The molecule has 4 heteroatoms. The Morgan fingerprint density at radius 3 is 2.83 bits per heavy atom. The van der Waals surface area contributed by atoms with Crippen molar-refractivity contribution in [2.24, 2.45) is 5.11 Å².